The molecule has 32 rings (SSSR count). The second-order valence-electron chi connectivity index (χ2n) is 36.8. The Kier molecular flexibility index (Phi) is 19.2. The molecule has 0 unspecified atom stereocenters. The Hall–Kier alpha value is -18.7. The highest BCUT2D eigenvalue weighted by Gasteiger charge is 2.39. The third-order valence-corrected chi connectivity index (χ3v) is 30.8. The summed E-state index contributed by atoms with van der Waals surface area (Å²) in [5.41, 5.74) is 42.1. The Morgan fingerprint density at radius 2 is 0.556 bits per heavy atom. The summed E-state index contributed by atoms with van der Waals surface area (Å²) in [6, 6.07) is 155. The maximum atomic E-state index is 5.97. The highest BCUT2D eigenvalue weighted by Crippen LogP contribution is 2.62. The van der Waals surface area contributed by atoms with E-state index in [0.717, 1.165) is 130 Å². The SMILES string of the molecule is c1ccc(-c2nc(-c3ccc[nH]3)c3c(c2-c2ccc[nH]2)-c2cccc4cccc-3c24)cc1.c1ccc(-c2nc(-c3ccco3)c3c(c2-c2ccco2)-c2cccc4cccc-3c24)cc1.c1ccc(-c2nc(-c3cccs3)c3c(c2-c2cccs2)-c2cccc4cccc-3c24)cc1.c1ccc(-c2nc(-n3c4ccccc4c4ccccc43)c3c(c2-n2c4ccccc4c4ccccc42)-c2cccc4cccc-3c24)cc1. The Morgan fingerprint density at radius 3 is 0.986 bits per heavy atom. The molecule has 672 valence electrons. The molecule has 0 amide bonds. The Labute approximate surface area is 835 Å². The number of rotatable bonds is 12. The Morgan fingerprint density at radius 1 is 0.208 bits per heavy atom. The van der Waals surface area contributed by atoms with Gasteiger partial charge >= 0.3 is 0 Å². The van der Waals surface area contributed by atoms with E-state index in [-0.39, 0.29) is 0 Å². The van der Waals surface area contributed by atoms with Gasteiger partial charge in [-0.1, -0.05) is 352 Å². The summed E-state index contributed by atoms with van der Waals surface area (Å²) in [4.78, 5) is 31.1. The van der Waals surface area contributed by atoms with Crippen LogP contribution in [0, 0.1) is 0 Å². The summed E-state index contributed by atoms with van der Waals surface area (Å²) in [5, 5.41) is 19.4. The van der Waals surface area contributed by atoms with Crippen LogP contribution in [0.4, 0.5) is 0 Å². The number of thiophene rings is 2. The Bertz CT molecular complexity index is 9270. The predicted octanol–water partition coefficient (Wildman–Crippen LogP) is 36.4. The fraction of sp³-hybridized carbons (Fsp3) is 0. The van der Waals surface area contributed by atoms with Gasteiger partial charge in [-0.25, -0.2) is 19.9 Å². The van der Waals surface area contributed by atoms with Crippen molar-refractivity contribution in [3.63, 3.8) is 0 Å². The van der Waals surface area contributed by atoms with Gasteiger partial charge in [-0.05, 0) is 183 Å². The van der Waals surface area contributed by atoms with Crippen LogP contribution in [0.15, 0.2) is 481 Å². The van der Waals surface area contributed by atoms with Crippen molar-refractivity contribution in [1.29, 1.82) is 0 Å². The number of para-hydroxylation sites is 4. The van der Waals surface area contributed by atoms with Crippen molar-refractivity contribution in [2.45, 2.75) is 0 Å². The molecule has 0 fully saturated rings. The van der Waals surface area contributed by atoms with Crippen molar-refractivity contribution in [2.75, 3.05) is 0 Å². The summed E-state index contributed by atoms with van der Waals surface area (Å²) in [5.74, 6) is 2.52. The molecule has 12 heteroatoms. The molecule has 0 atom stereocenters. The maximum Gasteiger partial charge on any atom is 0.152 e. The number of aromatic amines is 2. The van der Waals surface area contributed by atoms with Crippen LogP contribution in [0.1, 0.15) is 0 Å². The van der Waals surface area contributed by atoms with Gasteiger partial charge in [0.05, 0.1) is 90.6 Å². The lowest BCUT2D eigenvalue weighted by atomic mass is 9.91. The molecule has 16 aromatic carbocycles. The first kappa shape index (κ1) is 82.4. The number of hydrogen-bond donors (Lipinski definition) is 2. The summed E-state index contributed by atoms with van der Waals surface area (Å²) in [7, 11) is 0. The zero-order valence-electron chi connectivity index (χ0n) is 77.3. The molecule has 0 aliphatic heterocycles. The zero-order valence-corrected chi connectivity index (χ0v) is 79.0. The molecule has 2 N–H and O–H groups in total. The van der Waals surface area contributed by atoms with Gasteiger partial charge < -0.3 is 23.4 Å². The van der Waals surface area contributed by atoms with E-state index in [4.69, 9.17) is 28.8 Å². The number of H-pyrrole nitrogens is 2. The van der Waals surface area contributed by atoms with Gasteiger partial charge in [0.2, 0.25) is 0 Å². The number of hydrogen-bond acceptors (Lipinski definition) is 8. The monoisotopic (exact) mass is 1870 g/mol. The minimum absolute atomic E-state index is 0.759. The van der Waals surface area contributed by atoms with E-state index in [0.29, 0.717) is 0 Å². The van der Waals surface area contributed by atoms with Gasteiger partial charge in [-0.3, -0.25) is 4.57 Å². The number of fused-ring (bicyclic) bond motifs is 18. The molecule has 0 saturated heterocycles. The molecule has 4 aliphatic carbocycles. The van der Waals surface area contributed by atoms with E-state index in [1.807, 2.05) is 67.0 Å². The summed E-state index contributed by atoms with van der Waals surface area (Å²) in [6.07, 6.45) is 7.37. The predicted molar refractivity (Wildman–Crippen MR) is 597 cm³/mol. The van der Waals surface area contributed by atoms with Crippen molar-refractivity contribution in [3.8, 4) is 212 Å². The second-order valence-corrected chi connectivity index (χ2v) is 38.7. The zero-order chi connectivity index (χ0) is 94.6. The van der Waals surface area contributed by atoms with Crippen molar-refractivity contribution < 1.29 is 8.83 Å². The van der Waals surface area contributed by atoms with Crippen LogP contribution in [0.3, 0.4) is 0 Å². The maximum absolute atomic E-state index is 5.97. The van der Waals surface area contributed by atoms with Crippen LogP contribution in [0.2, 0.25) is 0 Å². The lowest BCUT2D eigenvalue weighted by Gasteiger charge is -2.22. The fourth-order valence-corrected chi connectivity index (χ4v) is 24.8. The van der Waals surface area contributed by atoms with E-state index in [1.54, 1.807) is 35.2 Å². The number of pyridine rings is 4. The number of aromatic nitrogens is 8. The van der Waals surface area contributed by atoms with Crippen LogP contribution in [-0.4, -0.2) is 39.0 Å². The van der Waals surface area contributed by atoms with Gasteiger partial charge in [0.1, 0.15) is 17.3 Å². The Balaban J connectivity index is 0.0000000930. The lowest BCUT2D eigenvalue weighted by molar-refractivity contribution is 0.579. The van der Waals surface area contributed by atoms with Crippen LogP contribution in [0.5, 0.6) is 0 Å². The van der Waals surface area contributed by atoms with Gasteiger partial charge in [0, 0.05) is 122 Å². The molecule has 0 spiro atoms. The normalized spacial score (nSPS) is 11.9. The number of nitrogens with zero attached hydrogens (tertiary/aromatic N) is 6. The molecule has 12 aromatic heterocycles. The number of furan rings is 2. The van der Waals surface area contributed by atoms with Gasteiger partial charge in [-0.15, -0.1) is 22.7 Å². The van der Waals surface area contributed by atoms with Crippen molar-refractivity contribution in [2.24, 2.45) is 0 Å². The molecule has 0 radical (unpaired) electrons. The molecule has 12 heterocycles. The number of nitrogens with one attached hydrogen (secondary N) is 2. The first-order valence-electron chi connectivity index (χ1n) is 48.6. The van der Waals surface area contributed by atoms with E-state index in [9.17, 15) is 0 Å². The largest absolute Gasteiger partial charge is 0.464 e. The summed E-state index contributed by atoms with van der Waals surface area (Å²) in [6.45, 7) is 0. The highest BCUT2D eigenvalue weighted by molar-refractivity contribution is 7.14. The van der Waals surface area contributed by atoms with Gasteiger partial charge in [0.25, 0.3) is 0 Å². The van der Waals surface area contributed by atoms with E-state index >= 15 is 0 Å². The molecular formula is C132H80N8O2S2. The average molecular weight is 1870 g/mol. The van der Waals surface area contributed by atoms with Gasteiger partial charge in [-0.2, -0.15) is 0 Å². The van der Waals surface area contributed by atoms with E-state index in [1.165, 1.54) is 169 Å². The molecular weight excluding hydrogens is 1790 g/mol. The first-order chi connectivity index (χ1) is 71.6. The number of benzene rings is 16. The molecule has 0 saturated carbocycles. The fourth-order valence-electron chi connectivity index (χ4n) is 23.3. The minimum Gasteiger partial charge on any atom is -0.464 e. The van der Waals surface area contributed by atoms with Crippen LogP contribution in [0.25, 0.3) is 299 Å². The topological polar surface area (TPSA) is 119 Å². The molecule has 10 nitrogen and oxygen atoms in total. The highest BCUT2D eigenvalue weighted by atomic mass is 32.1. The third-order valence-electron chi connectivity index (χ3n) is 29.1. The smallest absolute Gasteiger partial charge is 0.152 e. The van der Waals surface area contributed by atoms with Gasteiger partial charge in [0.15, 0.2) is 5.76 Å². The van der Waals surface area contributed by atoms with Crippen molar-refractivity contribution in [3.05, 3.63) is 472 Å². The molecule has 28 aromatic rings. The van der Waals surface area contributed by atoms with E-state index < -0.39 is 0 Å². The van der Waals surface area contributed by atoms with Crippen molar-refractivity contribution in [1.82, 2.24) is 39.0 Å². The molecule has 4 aliphatic rings. The molecule has 0 bridgehead atoms. The second kappa shape index (κ2) is 33.5. The lowest BCUT2D eigenvalue weighted by Crippen LogP contribution is -2.08. The quantitative estimate of drug-likeness (QED) is 0.126. The van der Waals surface area contributed by atoms with Crippen LogP contribution in [-0.2, 0) is 0 Å². The summed E-state index contributed by atoms with van der Waals surface area (Å²) >= 11 is 3.54. The third kappa shape index (κ3) is 12.8. The minimum atomic E-state index is 0.759. The summed E-state index contributed by atoms with van der Waals surface area (Å²) < 4.78 is 16.7. The molecule has 144 heavy (non-hydrogen) atoms. The first-order valence-corrected chi connectivity index (χ1v) is 50.4. The average Bonchev–Trinajstić information content (AvgIpc) is 1.53. The van der Waals surface area contributed by atoms with Crippen LogP contribution < -0.4 is 0 Å². The standard InChI is InChI=1S/C45H27N3.C29H19N3.C29H17NO2.C29H17NS2/c1-2-14-29(15-3-1)43-44(47-36-24-8-4-18-30(36)31-19-5-9-25-37(31)47)41-34-22-12-16-28-17-13-23-35(40(28)34)42(41)45(46-43)48-38-26-10-6-20-32(38)33-21-7-11-27-39(33)48;1-2-8-19(9-3-1)28-27(22-14-6-16-30-22)25-20-12-4-10-18-11-5-13-21(24(18)20)26(25)29(32-28)23-15-7-17-31-23;2*1-2-8-19(9-3-1)28-27(22-14-6-16-31-22)25-20-12-4-10-18-11-5-13-21(24(18)20)26(25)29(30-28)23-15-7-17-32-23/h1-27H;1-17,30-31H;2*1-17H. The van der Waals surface area contributed by atoms with Crippen molar-refractivity contribution >= 4 is 109 Å². The van der Waals surface area contributed by atoms with E-state index in [2.05, 4.69) is 412 Å². The van der Waals surface area contributed by atoms with Crippen LogP contribution >= 0.6 is 22.7 Å².